The summed E-state index contributed by atoms with van der Waals surface area (Å²) in [6.45, 7) is 0.257. The van der Waals surface area contributed by atoms with Crippen molar-refractivity contribution >= 4 is 11.3 Å². The van der Waals surface area contributed by atoms with E-state index in [9.17, 15) is 5.11 Å². The molecule has 0 spiro atoms. The maximum Gasteiger partial charge on any atom is 0.231 e. The monoisotopic (exact) mass is 234 g/mol. The number of aliphatic hydroxyl groups is 1. The second-order valence-corrected chi connectivity index (χ2v) is 4.35. The molecule has 0 aliphatic carbocycles. The standard InChI is InChI=1S/C12H10O3S/c13-12(9-3-4-16-6-9)8-1-2-10-11(5-8)15-7-14-10/h1-6,12-13H,7H2/t12-/m0/s1. The predicted octanol–water partition coefficient (Wildman–Crippen LogP) is 2.56. The van der Waals surface area contributed by atoms with Crippen molar-refractivity contribution in [2.45, 2.75) is 6.10 Å². The van der Waals surface area contributed by atoms with Gasteiger partial charge in [0.2, 0.25) is 6.79 Å². The van der Waals surface area contributed by atoms with E-state index in [4.69, 9.17) is 9.47 Å². The van der Waals surface area contributed by atoms with Crippen LogP contribution in [0, 0.1) is 0 Å². The average molecular weight is 234 g/mol. The molecule has 82 valence electrons. The van der Waals surface area contributed by atoms with Crippen LogP contribution in [0.2, 0.25) is 0 Å². The molecule has 0 amide bonds. The number of thiophene rings is 1. The Balaban J connectivity index is 1.95. The van der Waals surface area contributed by atoms with Crippen LogP contribution in [0.4, 0.5) is 0 Å². The van der Waals surface area contributed by atoms with Crippen LogP contribution in [0.25, 0.3) is 0 Å². The van der Waals surface area contributed by atoms with Gasteiger partial charge in [-0.05, 0) is 40.1 Å². The number of rotatable bonds is 2. The molecule has 1 atom stereocenters. The zero-order valence-electron chi connectivity index (χ0n) is 8.42. The molecule has 3 nitrogen and oxygen atoms in total. The Morgan fingerprint density at radius 1 is 1.12 bits per heavy atom. The van der Waals surface area contributed by atoms with Crippen LogP contribution in [0.3, 0.4) is 0 Å². The van der Waals surface area contributed by atoms with Gasteiger partial charge in [-0.3, -0.25) is 0 Å². The number of hydrogen-bond acceptors (Lipinski definition) is 4. The fraction of sp³-hybridized carbons (Fsp3) is 0.167. The highest BCUT2D eigenvalue weighted by Gasteiger charge is 2.17. The minimum Gasteiger partial charge on any atom is -0.454 e. The first-order chi connectivity index (χ1) is 7.84. The minimum atomic E-state index is -0.597. The van der Waals surface area contributed by atoms with Gasteiger partial charge in [0.25, 0.3) is 0 Å². The van der Waals surface area contributed by atoms with Gasteiger partial charge in [0, 0.05) is 0 Å². The third-order valence-electron chi connectivity index (χ3n) is 2.57. The van der Waals surface area contributed by atoms with Gasteiger partial charge in [0.1, 0.15) is 6.10 Å². The molecular weight excluding hydrogens is 224 g/mol. The Labute approximate surface area is 96.9 Å². The maximum absolute atomic E-state index is 10.1. The second kappa shape index (κ2) is 3.81. The largest absolute Gasteiger partial charge is 0.454 e. The molecule has 0 unspecified atom stereocenters. The van der Waals surface area contributed by atoms with E-state index in [1.54, 1.807) is 11.3 Å². The van der Waals surface area contributed by atoms with E-state index in [-0.39, 0.29) is 6.79 Å². The van der Waals surface area contributed by atoms with Crippen molar-refractivity contribution in [1.82, 2.24) is 0 Å². The maximum atomic E-state index is 10.1. The number of hydrogen-bond donors (Lipinski definition) is 1. The van der Waals surface area contributed by atoms with Gasteiger partial charge in [-0.2, -0.15) is 11.3 Å². The zero-order chi connectivity index (χ0) is 11.0. The van der Waals surface area contributed by atoms with Gasteiger partial charge in [-0.1, -0.05) is 6.07 Å². The van der Waals surface area contributed by atoms with Crippen molar-refractivity contribution in [3.63, 3.8) is 0 Å². The molecule has 2 heterocycles. The van der Waals surface area contributed by atoms with Crippen molar-refractivity contribution in [2.75, 3.05) is 6.79 Å². The normalized spacial score (nSPS) is 15.1. The average Bonchev–Trinajstić information content (AvgIpc) is 2.98. The highest BCUT2D eigenvalue weighted by Crippen LogP contribution is 2.35. The van der Waals surface area contributed by atoms with Crippen molar-refractivity contribution in [1.29, 1.82) is 0 Å². The zero-order valence-corrected chi connectivity index (χ0v) is 9.24. The molecule has 1 aliphatic rings. The molecule has 16 heavy (non-hydrogen) atoms. The molecule has 2 aromatic rings. The molecule has 0 saturated carbocycles. The van der Waals surface area contributed by atoms with Crippen molar-refractivity contribution in [3.8, 4) is 11.5 Å². The topological polar surface area (TPSA) is 38.7 Å². The Morgan fingerprint density at radius 3 is 2.81 bits per heavy atom. The first kappa shape index (κ1) is 9.69. The van der Waals surface area contributed by atoms with Gasteiger partial charge in [-0.15, -0.1) is 0 Å². The molecule has 1 N–H and O–H groups in total. The highest BCUT2D eigenvalue weighted by molar-refractivity contribution is 7.07. The van der Waals surface area contributed by atoms with E-state index in [1.807, 2.05) is 35.0 Å². The fourth-order valence-corrected chi connectivity index (χ4v) is 2.39. The quantitative estimate of drug-likeness (QED) is 0.868. The van der Waals surface area contributed by atoms with Crippen LogP contribution in [0.5, 0.6) is 11.5 Å². The summed E-state index contributed by atoms with van der Waals surface area (Å²) >= 11 is 1.57. The molecular formula is C12H10O3S. The fourth-order valence-electron chi connectivity index (χ4n) is 1.71. The van der Waals surface area contributed by atoms with Gasteiger partial charge in [0.15, 0.2) is 11.5 Å². The summed E-state index contributed by atoms with van der Waals surface area (Å²) in [7, 11) is 0. The Hall–Kier alpha value is -1.52. The number of aliphatic hydroxyl groups excluding tert-OH is 1. The molecule has 4 heteroatoms. The van der Waals surface area contributed by atoms with Crippen LogP contribution < -0.4 is 9.47 Å². The second-order valence-electron chi connectivity index (χ2n) is 3.57. The van der Waals surface area contributed by atoms with Crippen molar-refractivity contribution in [2.24, 2.45) is 0 Å². The van der Waals surface area contributed by atoms with Crippen LogP contribution in [0.1, 0.15) is 17.2 Å². The SMILES string of the molecule is O[C@H](c1ccsc1)c1ccc2c(c1)OCO2. The molecule has 1 aromatic heterocycles. The molecule has 0 radical (unpaired) electrons. The highest BCUT2D eigenvalue weighted by atomic mass is 32.1. The lowest BCUT2D eigenvalue weighted by molar-refractivity contribution is 0.173. The van der Waals surface area contributed by atoms with Crippen LogP contribution >= 0.6 is 11.3 Å². The molecule has 1 aromatic carbocycles. The van der Waals surface area contributed by atoms with Gasteiger partial charge < -0.3 is 14.6 Å². The van der Waals surface area contributed by atoms with Gasteiger partial charge >= 0.3 is 0 Å². The number of ether oxygens (including phenoxy) is 2. The van der Waals surface area contributed by atoms with Gasteiger partial charge in [0.05, 0.1) is 0 Å². The molecule has 0 saturated heterocycles. The van der Waals surface area contributed by atoms with E-state index in [2.05, 4.69) is 0 Å². The lowest BCUT2D eigenvalue weighted by atomic mass is 10.0. The van der Waals surface area contributed by atoms with E-state index < -0.39 is 6.10 Å². The summed E-state index contributed by atoms with van der Waals surface area (Å²) < 4.78 is 10.5. The third kappa shape index (κ3) is 1.56. The lowest BCUT2D eigenvalue weighted by Crippen LogP contribution is -1.97. The van der Waals surface area contributed by atoms with Crippen molar-refractivity contribution < 1.29 is 14.6 Å². The summed E-state index contributed by atoms with van der Waals surface area (Å²) in [5, 5.41) is 14.0. The summed E-state index contributed by atoms with van der Waals surface area (Å²) in [5.41, 5.74) is 1.73. The third-order valence-corrected chi connectivity index (χ3v) is 3.27. The van der Waals surface area contributed by atoms with Crippen molar-refractivity contribution in [3.05, 3.63) is 46.2 Å². The van der Waals surface area contributed by atoms with E-state index in [0.717, 1.165) is 16.9 Å². The van der Waals surface area contributed by atoms with Crippen LogP contribution in [0.15, 0.2) is 35.0 Å². The molecule has 0 fully saturated rings. The van der Waals surface area contributed by atoms with Crippen LogP contribution in [-0.2, 0) is 0 Å². The Bertz CT molecular complexity index is 493. The number of fused-ring (bicyclic) bond motifs is 1. The summed E-state index contributed by atoms with van der Waals surface area (Å²) in [6.07, 6.45) is -0.597. The summed E-state index contributed by atoms with van der Waals surface area (Å²) in [5.74, 6) is 1.44. The number of benzene rings is 1. The predicted molar refractivity (Wildman–Crippen MR) is 60.9 cm³/mol. The van der Waals surface area contributed by atoms with E-state index in [1.165, 1.54) is 0 Å². The first-order valence-electron chi connectivity index (χ1n) is 4.94. The lowest BCUT2D eigenvalue weighted by Gasteiger charge is -2.09. The summed E-state index contributed by atoms with van der Waals surface area (Å²) in [6, 6.07) is 7.42. The Kier molecular flexibility index (Phi) is 2.31. The summed E-state index contributed by atoms with van der Waals surface area (Å²) in [4.78, 5) is 0. The molecule has 3 rings (SSSR count). The van der Waals surface area contributed by atoms with Crippen LogP contribution in [-0.4, -0.2) is 11.9 Å². The van der Waals surface area contributed by atoms with E-state index >= 15 is 0 Å². The minimum absolute atomic E-state index is 0.257. The first-order valence-corrected chi connectivity index (χ1v) is 5.88. The molecule has 0 bridgehead atoms. The van der Waals surface area contributed by atoms with Gasteiger partial charge in [-0.25, -0.2) is 0 Å². The van der Waals surface area contributed by atoms with E-state index in [0.29, 0.717) is 5.75 Å². The molecule has 1 aliphatic heterocycles. The Morgan fingerprint density at radius 2 is 2.00 bits per heavy atom. The smallest absolute Gasteiger partial charge is 0.231 e.